The van der Waals surface area contributed by atoms with E-state index in [1.807, 2.05) is 39.8 Å². The van der Waals surface area contributed by atoms with Crippen molar-refractivity contribution in [3.8, 4) is 11.8 Å². The molecule has 0 bridgehead atoms. The van der Waals surface area contributed by atoms with Gasteiger partial charge in [0, 0.05) is 11.4 Å². The Balaban J connectivity index is 2.02. The summed E-state index contributed by atoms with van der Waals surface area (Å²) in [5.74, 6) is 1.15. The topological polar surface area (TPSA) is 90.1 Å². The van der Waals surface area contributed by atoms with Gasteiger partial charge in [-0.3, -0.25) is 0 Å². The van der Waals surface area contributed by atoms with Gasteiger partial charge in [0.25, 0.3) is 5.95 Å². The molecule has 0 aliphatic heterocycles. The Bertz CT molecular complexity index is 1020. The van der Waals surface area contributed by atoms with E-state index in [9.17, 15) is 0 Å². The normalized spacial score (nSPS) is 11.5. The summed E-state index contributed by atoms with van der Waals surface area (Å²) in [5, 5.41) is 8.98. The van der Waals surface area contributed by atoms with Gasteiger partial charge >= 0.3 is 0 Å². The van der Waals surface area contributed by atoms with Gasteiger partial charge in [-0.15, -0.1) is 0 Å². The Morgan fingerprint density at radius 3 is 2.13 bits per heavy atom. The molecule has 0 aliphatic carbocycles. The number of rotatable bonds is 2. The van der Waals surface area contributed by atoms with E-state index in [4.69, 9.17) is 0 Å². The summed E-state index contributed by atoms with van der Waals surface area (Å²) in [7, 11) is 0. The molecule has 8 heteroatoms. The van der Waals surface area contributed by atoms with Crippen LogP contribution in [0.4, 0.5) is 0 Å². The minimum absolute atomic E-state index is 0.484. The van der Waals surface area contributed by atoms with Crippen LogP contribution in [0.3, 0.4) is 0 Å². The summed E-state index contributed by atoms with van der Waals surface area (Å²) in [4.78, 5) is 16.6. The Labute approximate surface area is 132 Å². The lowest BCUT2D eigenvalue weighted by atomic mass is 10.4. The van der Waals surface area contributed by atoms with Crippen molar-refractivity contribution < 1.29 is 0 Å². The van der Waals surface area contributed by atoms with Gasteiger partial charge in [-0.2, -0.15) is 20.2 Å². The second-order valence-corrected chi connectivity index (χ2v) is 5.63. The van der Waals surface area contributed by atoms with Crippen LogP contribution in [-0.4, -0.2) is 39.5 Å². The summed E-state index contributed by atoms with van der Waals surface area (Å²) >= 11 is 0. The van der Waals surface area contributed by atoms with Crippen LogP contribution >= 0.6 is 0 Å². The fourth-order valence-corrected chi connectivity index (χ4v) is 2.73. The highest BCUT2D eigenvalue weighted by atomic mass is 15.4. The van der Waals surface area contributed by atoms with Gasteiger partial charge < -0.3 is 4.98 Å². The molecule has 1 N–H and O–H groups in total. The van der Waals surface area contributed by atoms with E-state index in [1.165, 1.54) is 0 Å². The fourth-order valence-electron chi connectivity index (χ4n) is 2.73. The first-order valence-corrected chi connectivity index (χ1v) is 7.31. The average Bonchev–Trinajstić information content (AvgIpc) is 3.17. The van der Waals surface area contributed by atoms with Crippen LogP contribution in [-0.2, 0) is 0 Å². The number of aromatic amines is 1. The number of fused-ring (bicyclic) bond motifs is 1. The molecule has 0 radical (unpaired) electrons. The van der Waals surface area contributed by atoms with Gasteiger partial charge in [0.2, 0.25) is 0 Å². The number of nitrogens with one attached hydrogen (secondary N) is 1. The number of imidazole rings is 1. The molecular formula is C15H16N8. The largest absolute Gasteiger partial charge is 0.340 e. The van der Waals surface area contributed by atoms with Crippen molar-refractivity contribution >= 4 is 11.2 Å². The third-order valence-electron chi connectivity index (χ3n) is 3.66. The first kappa shape index (κ1) is 13.6. The maximum atomic E-state index is 4.68. The van der Waals surface area contributed by atoms with Crippen molar-refractivity contribution in [1.82, 2.24) is 39.5 Å². The second kappa shape index (κ2) is 4.73. The maximum absolute atomic E-state index is 4.68. The molecule has 0 amide bonds. The van der Waals surface area contributed by atoms with Gasteiger partial charge in [0.1, 0.15) is 5.52 Å². The van der Waals surface area contributed by atoms with Crippen LogP contribution in [0.1, 0.15) is 22.8 Å². The zero-order valence-electron chi connectivity index (χ0n) is 13.4. The zero-order valence-corrected chi connectivity index (χ0v) is 13.4. The number of nitrogens with zero attached hydrogens (tertiary/aromatic N) is 7. The molecule has 4 heterocycles. The molecule has 8 nitrogen and oxygen atoms in total. The van der Waals surface area contributed by atoms with E-state index in [0.717, 1.165) is 28.3 Å². The van der Waals surface area contributed by atoms with Crippen LogP contribution in [0, 0.1) is 27.7 Å². The van der Waals surface area contributed by atoms with E-state index in [-0.39, 0.29) is 0 Å². The van der Waals surface area contributed by atoms with Gasteiger partial charge in [-0.25, -0.2) is 14.3 Å². The van der Waals surface area contributed by atoms with Crippen molar-refractivity contribution in [2.24, 2.45) is 0 Å². The first-order valence-electron chi connectivity index (χ1n) is 7.31. The summed E-state index contributed by atoms with van der Waals surface area (Å²) in [6.45, 7) is 7.86. The van der Waals surface area contributed by atoms with Crippen LogP contribution in [0.5, 0.6) is 0 Å². The standard InChI is InChI=1S/C15H16N8/c1-8-5-10(3)22(20-8)14-12-13(17-7-16-12)18-15(19-14)23-11(4)6-9(2)21-23/h5-7H,1-4H3,(H,16,17,18,19). The number of hydrogen-bond donors (Lipinski definition) is 1. The smallest absolute Gasteiger partial charge is 0.255 e. The molecule has 0 fully saturated rings. The fraction of sp³-hybridized carbons (Fsp3) is 0.267. The molecule has 4 aromatic rings. The Morgan fingerprint density at radius 1 is 0.870 bits per heavy atom. The molecule has 4 aromatic heterocycles. The highest BCUT2D eigenvalue weighted by Gasteiger charge is 2.16. The molecule has 0 saturated carbocycles. The van der Waals surface area contributed by atoms with Gasteiger partial charge in [0.15, 0.2) is 11.5 Å². The molecule has 116 valence electrons. The van der Waals surface area contributed by atoms with E-state index in [1.54, 1.807) is 15.7 Å². The Morgan fingerprint density at radius 2 is 1.52 bits per heavy atom. The van der Waals surface area contributed by atoms with E-state index < -0.39 is 0 Å². The third kappa shape index (κ3) is 2.10. The molecule has 0 spiro atoms. The van der Waals surface area contributed by atoms with Gasteiger partial charge in [-0.05, 0) is 39.8 Å². The lowest BCUT2D eigenvalue weighted by Gasteiger charge is -2.08. The number of hydrogen-bond acceptors (Lipinski definition) is 5. The van der Waals surface area contributed by atoms with Crippen LogP contribution in [0.15, 0.2) is 18.5 Å². The highest BCUT2D eigenvalue weighted by Crippen LogP contribution is 2.20. The molecular weight excluding hydrogens is 292 g/mol. The predicted octanol–water partition coefficient (Wildman–Crippen LogP) is 1.96. The molecule has 0 atom stereocenters. The third-order valence-corrected chi connectivity index (χ3v) is 3.66. The van der Waals surface area contributed by atoms with Crippen LogP contribution in [0.2, 0.25) is 0 Å². The van der Waals surface area contributed by atoms with E-state index >= 15 is 0 Å². The first-order chi connectivity index (χ1) is 11.0. The number of H-pyrrole nitrogens is 1. The lowest BCUT2D eigenvalue weighted by Crippen LogP contribution is -2.10. The number of aryl methyl sites for hydroxylation is 4. The molecule has 23 heavy (non-hydrogen) atoms. The van der Waals surface area contributed by atoms with Crippen molar-refractivity contribution in [1.29, 1.82) is 0 Å². The van der Waals surface area contributed by atoms with Gasteiger partial charge in [0.05, 0.1) is 17.7 Å². The summed E-state index contributed by atoms with van der Waals surface area (Å²) in [6, 6.07) is 3.99. The van der Waals surface area contributed by atoms with Crippen molar-refractivity contribution in [3.63, 3.8) is 0 Å². The SMILES string of the molecule is Cc1cc(C)n(-c2nc(-n3nc(C)cc3C)c3[nH]cnc3n2)n1. The monoisotopic (exact) mass is 308 g/mol. The summed E-state index contributed by atoms with van der Waals surface area (Å²) in [5.41, 5.74) is 5.15. The molecule has 0 saturated heterocycles. The van der Waals surface area contributed by atoms with E-state index in [2.05, 4.69) is 30.1 Å². The second-order valence-electron chi connectivity index (χ2n) is 5.63. The van der Waals surface area contributed by atoms with Gasteiger partial charge in [-0.1, -0.05) is 0 Å². The quantitative estimate of drug-likeness (QED) is 0.611. The maximum Gasteiger partial charge on any atom is 0.255 e. The Kier molecular flexibility index (Phi) is 2.80. The number of aromatic nitrogens is 8. The minimum Gasteiger partial charge on any atom is -0.340 e. The molecule has 0 aliphatic rings. The zero-order chi connectivity index (χ0) is 16.1. The van der Waals surface area contributed by atoms with Crippen molar-refractivity contribution in [3.05, 3.63) is 41.2 Å². The predicted molar refractivity (Wildman–Crippen MR) is 84.9 cm³/mol. The minimum atomic E-state index is 0.484. The summed E-state index contributed by atoms with van der Waals surface area (Å²) in [6.07, 6.45) is 1.61. The Hall–Kier alpha value is -3.03. The molecule has 0 aromatic carbocycles. The van der Waals surface area contributed by atoms with E-state index in [0.29, 0.717) is 17.4 Å². The van der Waals surface area contributed by atoms with Crippen molar-refractivity contribution in [2.45, 2.75) is 27.7 Å². The highest BCUT2D eigenvalue weighted by molar-refractivity contribution is 5.78. The molecule has 4 rings (SSSR count). The van der Waals surface area contributed by atoms with Crippen molar-refractivity contribution in [2.75, 3.05) is 0 Å². The molecule has 0 unspecified atom stereocenters. The summed E-state index contributed by atoms with van der Waals surface area (Å²) < 4.78 is 3.52. The van der Waals surface area contributed by atoms with Crippen LogP contribution < -0.4 is 0 Å². The van der Waals surface area contributed by atoms with Crippen LogP contribution in [0.25, 0.3) is 22.9 Å². The average molecular weight is 308 g/mol. The lowest BCUT2D eigenvalue weighted by molar-refractivity contribution is 0.751.